The van der Waals surface area contributed by atoms with E-state index in [1.165, 1.54) is 0 Å². The Hall–Kier alpha value is -1.84. The summed E-state index contributed by atoms with van der Waals surface area (Å²) in [5.74, 6) is -1.20. The zero-order chi connectivity index (χ0) is 15.3. The number of carboxylic acid groups (broad SMARTS) is 1. The van der Waals surface area contributed by atoms with Crippen molar-refractivity contribution < 1.29 is 14.7 Å². The van der Waals surface area contributed by atoms with Crippen molar-refractivity contribution in [1.29, 1.82) is 0 Å². The van der Waals surface area contributed by atoms with Gasteiger partial charge in [0.25, 0.3) is 0 Å². The summed E-state index contributed by atoms with van der Waals surface area (Å²) in [5.41, 5.74) is 0.652. The first-order chi connectivity index (χ1) is 10.1. The van der Waals surface area contributed by atoms with Crippen LogP contribution in [0.5, 0.6) is 0 Å². The Kier molecular flexibility index (Phi) is 4.99. The number of benzene rings is 1. The van der Waals surface area contributed by atoms with E-state index in [4.69, 9.17) is 5.11 Å². The lowest BCUT2D eigenvalue weighted by Crippen LogP contribution is -2.43. The number of aliphatic carboxylic acids is 1. The second kappa shape index (κ2) is 6.74. The fourth-order valence-corrected chi connectivity index (χ4v) is 3.08. The van der Waals surface area contributed by atoms with E-state index in [0.717, 1.165) is 31.2 Å². The molecule has 2 rings (SSSR count). The summed E-state index contributed by atoms with van der Waals surface area (Å²) in [4.78, 5) is 23.5. The molecule has 4 nitrogen and oxygen atoms in total. The highest BCUT2D eigenvalue weighted by atomic mass is 16.4. The second-order valence-electron chi connectivity index (χ2n) is 5.94. The summed E-state index contributed by atoms with van der Waals surface area (Å²) in [6.45, 7) is 2.08. The third-order valence-corrected chi connectivity index (χ3v) is 4.50. The van der Waals surface area contributed by atoms with Crippen LogP contribution in [-0.2, 0) is 15.0 Å². The quantitative estimate of drug-likeness (QED) is 0.846. The Balaban J connectivity index is 2.02. The number of rotatable bonds is 6. The van der Waals surface area contributed by atoms with Crippen LogP contribution in [0.1, 0.15) is 44.6 Å². The Labute approximate surface area is 125 Å². The molecule has 0 spiro atoms. The minimum atomic E-state index is -0.817. The zero-order valence-electron chi connectivity index (χ0n) is 12.5. The van der Waals surface area contributed by atoms with Crippen LogP contribution >= 0.6 is 0 Å². The van der Waals surface area contributed by atoms with Gasteiger partial charge in [0, 0.05) is 6.54 Å². The molecule has 0 saturated heterocycles. The molecule has 114 valence electrons. The third-order valence-electron chi connectivity index (χ3n) is 4.50. The second-order valence-corrected chi connectivity index (χ2v) is 5.94. The molecular weight excluding hydrogens is 266 g/mol. The average Bonchev–Trinajstić information content (AvgIpc) is 2.98. The molecule has 0 radical (unpaired) electrons. The lowest BCUT2D eigenvalue weighted by Gasteiger charge is -2.28. The maximum atomic E-state index is 12.7. The largest absolute Gasteiger partial charge is 0.481 e. The third kappa shape index (κ3) is 3.43. The molecule has 0 heterocycles. The van der Waals surface area contributed by atoms with Crippen LogP contribution in [0, 0.1) is 5.92 Å². The van der Waals surface area contributed by atoms with E-state index in [2.05, 4.69) is 5.32 Å². The monoisotopic (exact) mass is 289 g/mol. The molecule has 1 fully saturated rings. The molecule has 21 heavy (non-hydrogen) atoms. The van der Waals surface area contributed by atoms with E-state index in [1.807, 2.05) is 30.3 Å². The van der Waals surface area contributed by atoms with E-state index in [-0.39, 0.29) is 5.91 Å². The molecule has 1 aromatic carbocycles. The Bertz CT molecular complexity index is 492. The first-order valence-electron chi connectivity index (χ1n) is 7.63. The topological polar surface area (TPSA) is 66.4 Å². The smallest absolute Gasteiger partial charge is 0.306 e. The first kappa shape index (κ1) is 15.5. The van der Waals surface area contributed by atoms with Gasteiger partial charge in [-0.3, -0.25) is 9.59 Å². The van der Waals surface area contributed by atoms with Gasteiger partial charge in [-0.25, -0.2) is 0 Å². The average molecular weight is 289 g/mol. The van der Waals surface area contributed by atoms with E-state index in [1.54, 1.807) is 6.92 Å². The Morgan fingerprint density at radius 1 is 1.24 bits per heavy atom. The predicted octanol–water partition coefficient (Wildman–Crippen LogP) is 2.73. The number of carbonyl (C=O) groups excluding carboxylic acids is 1. The van der Waals surface area contributed by atoms with Crippen molar-refractivity contribution in [2.45, 2.75) is 44.4 Å². The van der Waals surface area contributed by atoms with Crippen molar-refractivity contribution in [1.82, 2.24) is 5.32 Å². The minimum absolute atomic E-state index is 0.0452. The van der Waals surface area contributed by atoms with E-state index < -0.39 is 17.3 Å². The highest BCUT2D eigenvalue weighted by molar-refractivity contribution is 5.88. The summed E-state index contributed by atoms with van der Waals surface area (Å²) in [6.07, 6.45) is 4.34. The maximum Gasteiger partial charge on any atom is 0.306 e. The molecule has 1 unspecified atom stereocenters. The van der Waals surface area contributed by atoms with Gasteiger partial charge in [-0.2, -0.15) is 0 Å². The number of carboxylic acids is 1. The lowest BCUT2D eigenvalue weighted by atomic mass is 9.78. The SMILES string of the molecule is CC(CCNC(=O)C1(c2ccccc2)CCCC1)C(=O)O. The van der Waals surface area contributed by atoms with Gasteiger partial charge in [-0.15, -0.1) is 0 Å². The van der Waals surface area contributed by atoms with Crippen molar-refractivity contribution in [3.8, 4) is 0 Å². The molecule has 1 aromatic rings. The predicted molar refractivity (Wildman–Crippen MR) is 81.0 cm³/mol. The standard InChI is InChI=1S/C17H23NO3/c1-13(15(19)20)9-12-18-16(21)17(10-5-6-11-17)14-7-3-2-4-8-14/h2-4,7-8,13H,5-6,9-12H2,1H3,(H,18,21)(H,19,20). The first-order valence-corrected chi connectivity index (χ1v) is 7.63. The van der Waals surface area contributed by atoms with Crippen molar-refractivity contribution in [2.75, 3.05) is 6.54 Å². The van der Waals surface area contributed by atoms with Crippen molar-refractivity contribution >= 4 is 11.9 Å². The molecule has 1 amide bonds. The Morgan fingerprint density at radius 2 is 1.86 bits per heavy atom. The van der Waals surface area contributed by atoms with Gasteiger partial charge >= 0.3 is 5.97 Å². The highest BCUT2D eigenvalue weighted by Gasteiger charge is 2.42. The molecular formula is C17H23NO3. The van der Waals surface area contributed by atoms with Crippen LogP contribution in [0.2, 0.25) is 0 Å². The van der Waals surface area contributed by atoms with Crippen LogP contribution in [0.4, 0.5) is 0 Å². The van der Waals surface area contributed by atoms with Crippen LogP contribution in [0.3, 0.4) is 0 Å². The minimum Gasteiger partial charge on any atom is -0.481 e. The van der Waals surface area contributed by atoms with Crippen molar-refractivity contribution in [3.63, 3.8) is 0 Å². The molecule has 4 heteroatoms. The Morgan fingerprint density at radius 3 is 2.43 bits per heavy atom. The normalized spacial score (nSPS) is 18.1. The molecule has 1 aliphatic carbocycles. The molecule has 1 aliphatic rings. The van der Waals surface area contributed by atoms with E-state index >= 15 is 0 Å². The van der Waals surface area contributed by atoms with Gasteiger partial charge in [0.05, 0.1) is 11.3 Å². The summed E-state index contributed by atoms with van der Waals surface area (Å²) in [7, 11) is 0. The molecule has 0 aromatic heterocycles. The van der Waals surface area contributed by atoms with E-state index in [9.17, 15) is 9.59 Å². The summed E-state index contributed by atoms with van der Waals surface area (Å²) < 4.78 is 0. The van der Waals surface area contributed by atoms with Gasteiger partial charge in [-0.1, -0.05) is 50.1 Å². The molecule has 1 atom stereocenters. The number of hydrogen-bond donors (Lipinski definition) is 2. The zero-order valence-corrected chi connectivity index (χ0v) is 12.5. The van der Waals surface area contributed by atoms with Gasteiger partial charge < -0.3 is 10.4 Å². The van der Waals surface area contributed by atoms with Gasteiger partial charge in [0.2, 0.25) is 5.91 Å². The summed E-state index contributed by atoms with van der Waals surface area (Å²) >= 11 is 0. The van der Waals surface area contributed by atoms with Crippen molar-refractivity contribution in [2.24, 2.45) is 5.92 Å². The van der Waals surface area contributed by atoms with Gasteiger partial charge in [0.1, 0.15) is 0 Å². The fourth-order valence-electron chi connectivity index (χ4n) is 3.08. The molecule has 1 saturated carbocycles. The maximum absolute atomic E-state index is 12.7. The number of hydrogen-bond acceptors (Lipinski definition) is 2. The van der Waals surface area contributed by atoms with Crippen molar-refractivity contribution in [3.05, 3.63) is 35.9 Å². The van der Waals surface area contributed by atoms with E-state index in [0.29, 0.717) is 13.0 Å². The number of nitrogens with one attached hydrogen (secondary N) is 1. The van der Waals surface area contributed by atoms with Crippen LogP contribution < -0.4 is 5.32 Å². The lowest BCUT2D eigenvalue weighted by molar-refractivity contribution is -0.141. The summed E-state index contributed by atoms with van der Waals surface area (Å²) in [5, 5.41) is 11.8. The highest BCUT2D eigenvalue weighted by Crippen LogP contribution is 2.41. The number of carbonyl (C=O) groups is 2. The van der Waals surface area contributed by atoms with Crippen LogP contribution in [-0.4, -0.2) is 23.5 Å². The van der Waals surface area contributed by atoms with Crippen LogP contribution in [0.25, 0.3) is 0 Å². The molecule has 0 aliphatic heterocycles. The fraction of sp³-hybridized carbons (Fsp3) is 0.529. The summed E-state index contributed by atoms with van der Waals surface area (Å²) in [6, 6.07) is 9.93. The molecule has 2 N–H and O–H groups in total. The molecule has 0 bridgehead atoms. The van der Waals surface area contributed by atoms with Gasteiger partial charge in [0.15, 0.2) is 0 Å². The number of amides is 1. The van der Waals surface area contributed by atoms with Gasteiger partial charge in [-0.05, 0) is 24.8 Å². The van der Waals surface area contributed by atoms with Crippen LogP contribution in [0.15, 0.2) is 30.3 Å².